The minimum atomic E-state index is 1.34. The predicted molar refractivity (Wildman–Crippen MR) is 136 cm³/mol. The third kappa shape index (κ3) is 2.79. The van der Waals surface area contributed by atoms with Gasteiger partial charge in [-0.25, -0.2) is 0 Å². The lowest BCUT2D eigenvalue weighted by atomic mass is 10.2. The lowest BCUT2D eigenvalue weighted by Crippen LogP contribution is -1.83. The molecule has 0 radical (unpaired) electrons. The first-order valence-electron chi connectivity index (χ1n) is 7.33. The molecule has 0 atom stereocenters. The van der Waals surface area contributed by atoms with Crippen LogP contribution in [0.1, 0.15) is 0 Å². The summed E-state index contributed by atoms with van der Waals surface area (Å²) in [5, 5.41) is 0. The molecular formula is C20H10I4. The molecule has 118 valence electrons. The van der Waals surface area contributed by atoms with Crippen molar-refractivity contribution < 1.29 is 0 Å². The molecule has 0 N–H and O–H groups in total. The molecule has 0 aromatic rings. The molecule has 0 aromatic carbocycles. The van der Waals surface area contributed by atoms with E-state index in [1.165, 1.54) is 47.7 Å². The molecule has 0 aliphatic heterocycles. The monoisotopic (exact) mass is 758 g/mol. The van der Waals surface area contributed by atoms with Crippen molar-refractivity contribution in [2.75, 3.05) is 0 Å². The van der Waals surface area contributed by atoms with Gasteiger partial charge >= 0.3 is 0 Å². The van der Waals surface area contributed by atoms with E-state index in [2.05, 4.69) is 151 Å². The first-order chi connectivity index (χ1) is 11.6. The van der Waals surface area contributed by atoms with E-state index in [0.717, 1.165) is 0 Å². The zero-order chi connectivity index (χ0) is 16.8. The topological polar surface area (TPSA) is 0 Å². The van der Waals surface area contributed by atoms with Gasteiger partial charge in [0, 0.05) is 25.4 Å². The third-order valence-electron chi connectivity index (χ3n) is 4.15. The molecule has 0 heterocycles. The first kappa shape index (κ1) is 17.7. The largest absolute Gasteiger partial charge is 0.0622 e. The van der Waals surface area contributed by atoms with Crippen molar-refractivity contribution in [1.29, 1.82) is 0 Å². The zero-order valence-corrected chi connectivity index (χ0v) is 20.9. The molecule has 4 heteroatoms. The average molecular weight is 758 g/mol. The first-order valence-corrected chi connectivity index (χ1v) is 11.6. The van der Waals surface area contributed by atoms with Crippen molar-refractivity contribution >= 4 is 90.4 Å². The summed E-state index contributed by atoms with van der Waals surface area (Å²) in [7, 11) is 0. The van der Waals surface area contributed by atoms with Crippen LogP contribution in [0, 0.1) is 14.3 Å². The van der Waals surface area contributed by atoms with Crippen LogP contribution in [0.4, 0.5) is 0 Å². The Balaban J connectivity index is 2.13. The molecule has 4 rings (SSSR count). The van der Waals surface area contributed by atoms with Crippen molar-refractivity contribution in [3.05, 3.63) is 74.9 Å². The van der Waals surface area contributed by atoms with Gasteiger partial charge in [-0.3, -0.25) is 0 Å². The molecule has 24 heavy (non-hydrogen) atoms. The van der Waals surface area contributed by atoms with E-state index in [4.69, 9.17) is 0 Å². The number of halogens is 4. The van der Waals surface area contributed by atoms with Gasteiger partial charge in [0.15, 0.2) is 0 Å². The number of fused-ring (bicyclic) bond motifs is 2. The van der Waals surface area contributed by atoms with Crippen LogP contribution in [0.5, 0.6) is 0 Å². The maximum absolute atomic E-state index is 2.51. The van der Waals surface area contributed by atoms with Gasteiger partial charge in [-0.05, 0) is 113 Å². The highest BCUT2D eigenvalue weighted by Gasteiger charge is 2.27. The Kier molecular flexibility index (Phi) is 5.28. The third-order valence-corrected chi connectivity index (χ3v) is 8.63. The Bertz CT molecular complexity index is 850. The summed E-state index contributed by atoms with van der Waals surface area (Å²) in [6.45, 7) is 0. The van der Waals surface area contributed by atoms with Crippen molar-refractivity contribution in [3.63, 3.8) is 0 Å². The van der Waals surface area contributed by atoms with Crippen LogP contribution in [-0.4, -0.2) is 0 Å². The summed E-state index contributed by atoms with van der Waals surface area (Å²) in [5.74, 6) is 0. The Morgan fingerprint density at radius 1 is 0.375 bits per heavy atom. The van der Waals surface area contributed by atoms with Gasteiger partial charge in [0.1, 0.15) is 0 Å². The molecule has 0 fully saturated rings. The average Bonchev–Trinajstić information content (AvgIpc) is 2.88. The predicted octanol–water partition coefficient (Wildman–Crippen LogP) is 7.98. The van der Waals surface area contributed by atoms with Crippen molar-refractivity contribution in [2.24, 2.45) is 0 Å². The van der Waals surface area contributed by atoms with E-state index in [1.54, 1.807) is 0 Å². The van der Waals surface area contributed by atoms with E-state index < -0.39 is 0 Å². The minimum Gasteiger partial charge on any atom is -0.0622 e. The highest BCUT2D eigenvalue weighted by molar-refractivity contribution is 14.1. The lowest BCUT2D eigenvalue weighted by molar-refractivity contribution is 1.67. The van der Waals surface area contributed by atoms with E-state index >= 15 is 0 Å². The number of hydrogen-bond donors (Lipinski definition) is 0. The van der Waals surface area contributed by atoms with E-state index in [0.29, 0.717) is 0 Å². The fourth-order valence-corrected chi connectivity index (χ4v) is 8.10. The van der Waals surface area contributed by atoms with Crippen molar-refractivity contribution in [1.82, 2.24) is 0 Å². The standard InChI is InChI=1S/C20H10I4/c21-17-11-7-3-1-4-8-12(11)18(22)15(17)16-19(23)13-9-5-2-6-10-14(13)20(16)24/h1-10H. The van der Waals surface area contributed by atoms with Crippen LogP contribution in [0.25, 0.3) is 33.4 Å². The fourth-order valence-electron chi connectivity index (χ4n) is 3.03. The smallest absolute Gasteiger partial charge is 0.0299 e. The molecule has 4 aliphatic rings. The van der Waals surface area contributed by atoms with Crippen LogP contribution in [-0.2, 0) is 0 Å². The maximum atomic E-state index is 2.51. The van der Waals surface area contributed by atoms with Gasteiger partial charge in [-0.15, -0.1) is 0 Å². The second kappa shape index (κ2) is 7.15. The second-order valence-corrected chi connectivity index (χ2v) is 9.80. The summed E-state index contributed by atoms with van der Waals surface area (Å²) >= 11 is 10.1. The van der Waals surface area contributed by atoms with Crippen LogP contribution < -0.4 is 0 Å². The van der Waals surface area contributed by atoms with Gasteiger partial charge in [-0.2, -0.15) is 0 Å². The second-order valence-electron chi connectivity index (χ2n) is 5.48. The van der Waals surface area contributed by atoms with Gasteiger partial charge in [0.2, 0.25) is 0 Å². The summed E-state index contributed by atoms with van der Waals surface area (Å²) in [6, 6.07) is 21.6. The Morgan fingerprint density at radius 3 is 0.875 bits per heavy atom. The molecule has 0 saturated heterocycles. The molecule has 0 spiro atoms. The Hall–Kier alpha value is 0.320. The molecule has 0 saturated carbocycles. The lowest BCUT2D eigenvalue weighted by Gasteiger charge is -2.02. The van der Waals surface area contributed by atoms with E-state index in [9.17, 15) is 0 Å². The van der Waals surface area contributed by atoms with Crippen LogP contribution in [0.2, 0.25) is 0 Å². The van der Waals surface area contributed by atoms with Gasteiger partial charge in [0.25, 0.3) is 0 Å². The van der Waals surface area contributed by atoms with Crippen LogP contribution in [0.3, 0.4) is 0 Å². The van der Waals surface area contributed by atoms with Gasteiger partial charge in [-0.1, -0.05) is 60.7 Å². The molecule has 0 bridgehead atoms. The molecule has 0 amide bonds. The SMILES string of the molecule is Ic1c2cccccc-2c(I)c1-c1c(I)c2cccccc-2c1I. The highest BCUT2D eigenvalue weighted by Crippen LogP contribution is 2.50. The molecule has 0 unspecified atom stereocenters. The van der Waals surface area contributed by atoms with Gasteiger partial charge < -0.3 is 0 Å². The van der Waals surface area contributed by atoms with Crippen LogP contribution >= 0.6 is 90.4 Å². The fraction of sp³-hybridized carbons (Fsp3) is 0. The molecule has 0 nitrogen and oxygen atoms in total. The minimum absolute atomic E-state index is 1.34. The highest BCUT2D eigenvalue weighted by atomic mass is 127. The van der Waals surface area contributed by atoms with E-state index in [-0.39, 0.29) is 0 Å². The molecule has 0 aromatic heterocycles. The van der Waals surface area contributed by atoms with Crippen LogP contribution in [0.15, 0.2) is 60.7 Å². The quantitative estimate of drug-likeness (QED) is 0.173. The maximum Gasteiger partial charge on any atom is 0.0299 e. The zero-order valence-electron chi connectivity index (χ0n) is 12.3. The Labute approximate surface area is 196 Å². The van der Waals surface area contributed by atoms with Crippen molar-refractivity contribution in [2.45, 2.75) is 0 Å². The summed E-state index contributed by atoms with van der Waals surface area (Å²) < 4.78 is 5.38. The van der Waals surface area contributed by atoms with Crippen molar-refractivity contribution in [3.8, 4) is 33.4 Å². The molecular weight excluding hydrogens is 748 g/mol. The van der Waals surface area contributed by atoms with Gasteiger partial charge in [0.05, 0.1) is 0 Å². The van der Waals surface area contributed by atoms with E-state index in [1.807, 2.05) is 0 Å². The molecule has 4 aliphatic carbocycles. The number of rotatable bonds is 1. The number of hydrogen-bond acceptors (Lipinski definition) is 0. The summed E-state index contributed by atoms with van der Waals surface area (Å²) in [4.78, 5) is 0. The normalized spacial score (nSPS) is 11.3. The Morgan fingerprint density at radius 2 is 0.625 bits per heavy atom. The summed E-state index contributed by atoms with van der Waals surface area (Å²) in [5.41, 5.74) is 8.10. The summed E-state index contributed by atoms with van der Waals surface area (Å²) in [6.07, 6.45) is 0.